The van der Waals surface area contributed by atoms with Gasteiger partial charge in [-0.2, -0.15) is 0 Å². The Labute approximate surface area is 565 Å². The maximum atomic E-state index is 6.97. The minimum Gasteiger partial charge on any atom is -0.454 e. The topological polar surface area (TPSA) is 37.2 Å². The van der Waals surface area contributed by atoms with Gasteiger partial charge in [-0.25, -0.2) is 0 Å². The minimum absolute atomic E-state index is 0.250. The molecule has 4 aromatic heterocycles. The summed E-state index contributed by atoms with van der Waals surface area (Å²) in [5.41, 5.74) is 28.4. The molecule has 5 nitrogen and oxygen atoms in total. The third kappa shape index (κ3) is 6.90. The summed E-state index contributed by atoms with van der Waals surface area (Å²) in [6, 6.07) is 102. The van der Waals surface area contributed by atoms with Crippen molar-refractivity contribution in [3.05, 3.63) is 306 Å². The fourth-order valence-corrected chi connectivity index (χ4v) is 19.1. The van der Waals surface area contributed by atoms with Crippen LogP contribution in [0.25, 0.3) is 148 Å². The lowest BCUT2D eigenvalue weighted by Gasteiger charge is -2.30. The number of anilines is 6. The summed E-state index contributed by atoms with van der Waals surface area (Å²) in [6.07, 6.45) is 0. The zero-order valence-electron chi connectivity index (χ0n) is 55.1. The number of nitrogens with zero attached hydrogens (tertiary/aromatic N) is 3. The van der Waals surface area contributed by atoms with Gasteiger partial charge in [0.25, 0.3) is 0 Å². The van der Waals surface area contributed by atoms with Crippen LogP contribution >= 0.6 is 0 Å². The van der Waals surface area contributed by atoms with Crippen molar-refractivity contribution in [1.82, 2.24) is 4.40 Å². The zero-order chi connectivity index (χ0) is 65.0. The molecule has 0 unspecified atom stereocenters. The number of furan rings is 2. The first-order valence-electron chi connectivity index (χ1n) is 34.5. The number of aromatic nitrogens is 1. The third-order valence-corrected chi connectivity index (χ3v) is 23.4. The summed E-state index contributed by atoms with van der Waals surface area (Å²) in [5.74, 6) is 0. The lowest BCUT2D eigenvalue weighted by Crippen LogP contribution is -2.18. The van der Waals surface area contributed by atoms with Gasteiger partial charge in [-0.1, -0.05) is 242 Å². The van der Waals surface area contributed by atoms with Gasteiger partial charge in [-0.05, 0) is 166 Å². The molecule has 0 aliphatic heterocycles. The molecule has 0 N–H and O–H groups in total. The average Bonchev–Trinajstić information content (AvgIpc) is 1.53. The predicted octanol–water partition coefficient (Wildman–Crippen LogP) is 26.0. The van der Waals surface area contributed by atoms with E-state index in [-0.39, 0.29) is 10.8 Å². The molecular weight excluding hydrogens is 1190 g/mol. The Balaban J connectivity index is 0.724. The number of fused-ring (bicyclic) bond motifs is 28. The normalized spacial score (nSPS) is 14.7. The van der Waals surface area contributed by atoms with Crippen LogP contribution in [0.5, 0.6) is 0 Å². The number of rotatable bonds is 6. The Morgan fingerprint density at radius 1 is 0.265 bits per heavy atom. The van der Waals surface area contributed by atoms with Crippen molar-refractivity contribution in [3.8, 4) is 33.4 Å². The van der Waals surface area contributed by atoms with Gasteiger partial charge in [-0.3, -0.25) is 0 Å². The summed E-state index contributed by atoms with van der Waals surface area (Å²) in [7, 11) is 0. The third-order valence-electron chi connectivity index (χ3n) is 23.4. The van der Waals surface area contributed by atoms with Gasteiger partial charge in [0.15, 0.2) is 11.2 Å². The lowest BCUT2D eigenvalue weighted by molar-refractivity contribution is 0.665. The summed E-state index contributed by atoms with van der Waals surface area (Å²) >= 11 is 0. The summed E-state index contributed by atoms with van der Waals surface area (Å²) in [6.45, 7) is 14.5. The van der Waals surface area contributed by atoms with E-state index >= 15 is 0 Å². The highest BCUT2D eigenvalue weighted by Gasteiger charge is 2.42. The van der Waals surface area contributed by atoms with Crippen molar-refractivity contribution in [1.29, 1.82) is 0 Å². The summed E-state index contributed by atoms with van der Waals surface area (Å²) < 4.78 is 16.5. The van der Waals surface area contributed by atoms with Crippen LogP contribution in [-0.4, -0.2) is 4.40 Å². The molecule has 0 saturated heterocycles. The maximum Gasteiger partial charge on any atom is 0.159 e. The molecule has 0 amide bonds. The Kier molecular flexibility index (Phi) is 10.4. The Morgan fingerprint density at radius 3 is 1.11 bits per heavy atom. The molecule has 0 saturated carbocycles. The van der Waals surface area contributed by atoms with Crippen LogP contribution in [0.2, 0.25) is 0 Å². The molecule has 22 rings (SSSR count). The van der Waals surface area contributed by atoms with Crippen molar-refractivity contribution in [2.24, 2.45) is 0 Å². The standard InChI is InChI=1S/C93H63N3O2/c1-91(2)76-48-54(34-40-60(76)66-38-32-52-18-7-9-20-58(52)84(66)91)94(79-28-16-26-74-64-22-11-13-30-82(64)97-89(74)79)55-35-42-62-68-44-46-72-69(86(68)93(5,6)78(62)49-55)45-47-73-71-25-15-24-70-63-43-37-57(51-81(63)96(87(70)71)88(72)73)95(80-29-17-27-75-65-23-12-14-31-83(65)98-90(75)80)56-36-41-61-67-39-33-53-19-8-10-21-59(53)85(67)92(3,4)77(61)50-56/h7-51H,1-6H3. The molecule has 462 valence electrons. The van der Waals surface area contributed by atoms with Gasteiger partial charge in [0.2, 0.25) is 0 Å². The van der Waals surface area contributed by atoms with Gasteiger partial charge in [-0.15, -0.1) is 0 Å². The van der Waals surface area contributed by atoms with Gasteiger partial charge in [0, 0.05) is 87.5 Å². The van der Waals surface area contributed by atoms with Crippen LogP contribution in [0.15, 0.2) is 282 Å². The van der Waals surface area contributed by atoms with E-state index in [1.165, 1.54) is 132 Å². The highest BCUT2D eigenvalue weighted by atomic mass is 16.3. The van der Waals surface area contributed by atoms with Gasteiger partial charge in [0.05, 0.1) is 27.9 Å². The van der Waals surface area contributed by atoms with E-state index in [4.69, 9.17) is 8.83 Å². The molecule has 19 aromatic rings. The second-order valence-electron chi connectivity index (χ2n) is 29.4. The molecule has 4 heterocycles. The van der Waals surface area contributed by atoms with E-state index < -0.39 is 5.41 Å². The van der Waals surface area contributed by atoms with Crippen molar-refractivity contribution >= 4 is 148 Å². The second-order valence-corrected chi connectivity index (χ2v) is 29.4. The van der Waals surface area contributed by atoms with Crippen LogP contribution in [-0.2, 0) is 16.2 Å². The predicted molar refractivity (Wildman–Crippen MR) is 410 cm³/mol. The van der Waals surface area contributed by atoms with E-state index in [0.29, 0.717) is 0 Å². The molecule has 15 aromatic carbocycles. The van der Waals surface area contributed by atoms with Crippen LogP contribution in [0.4, 0.5) is 34.1 Å². The number of para-hydroxylation sites is 5. The first-order chi connectivity index (χ1) is 47.9. The molecule has 98 heavy (non-hydrogen) atoms. The Morgan fingerprint density at radius 2 is 0.602 bits per heavy atom. The Bertz CT molecular complexity index is 6800. The maximum absolute atomic E-state index is 6.97. The molecule has 0 atom stereocenters. The van der Waals surface area contributed by atoms with E-state index in [2.05, 4.69) is 329 Å². The number of hydrogen-bond donors (Lipinski definition) is 0. The van der Waals surface area contributed by atoms with Crippen molar-refractivity contribution in [2.45, 2.75) is 57.8 Å². The Hall–Kier alpha value is -11.9. The van der Waals surface area contributed by atoms with Gasteiger partial charge in [0.1, 0.15) is 11.2 Å². The summed E-state index contributed by atoms with van der Waals surface area (Å²) in [5, 5.41) is 17.1. The van der Waals surface area contributed by atoms with Crippen LogP contribution in [0, 0.1) is 0 Å². The van der Waals surface area contributed by atoms with E-state index in [1.54, 1.807) is 0 Å². The van der Waals surface area contributed by atoms with E-state index in [0.717, 1.165) is 83.5 Å². The molecule has 0 spiro atoms. The fourth-order valence-electron chi connectivity index (χ4n) is 19.1. The van der Waals surface area contributed by atoms with Crippen molar-refractivity contribution in [3.63, 3.8) is 0 Å². The number of benzene rings is 15. The van der Waals surface area contributed by atoms with Crippen LogP contribution < -0.4 is 9.80 Å². The van der Waals surface area contributed by atoms with Crippen molar-refractivity contribution in [2.75, 3.05) is 9.80 Å². The average molecular weight is 1250 g/mol. The smallest absolute Gasteiger partial charge is 0.159 e. The quantitative estimate of drug-likeness (QED) is 0.166. The molecule has 3 aliphatic rings. The monoisotopic (exact) mass is 1250 g/mol. The highest BCUT2D eigenvalue weighted by molar-refractivity contribution is 6.28. The van der Waals surface area contributed by atoms with Crippen molar-refractivity contribution < 1.29 is 8.83 Å². The van der Waals surface area contributed by atoms with E-state index in [9.17, 15) is 0 Å². The zero-order valence-corrected chi connectivity index (χ0v) is 55.1. The molecule has 0 radical (unpaired) electrons. The highest BCUT2D eigenvalue weighted by Crippen LogP contribution is 2.59. The molecular formula is C93H63N3O2. The van der Waals surface area contributed by atoms with Gasteiger partial charge >= 0.3 is 0 Å². The first kappa shape index (κ1) is 54.3. The molecule has 3 aliphatic carbocycles. The largest absolute Gasteiger partial charge is 0.454 e. The fraction of sp³-hybridized carbons (Fsp3) is 0.0968. The SMILES string of the molecule is CC1(C)c2cc(N(c3ccc4c(c3)C(C)(C)c3c-4ccc4c3ccc3c5cccc6c7ccc(N(c8ccc9c(c8)C(C)(C)c8c-9ccc9ccccc89)c8cccc9c8oc8ccccc89)cc7n(c43)c65)c3cccc4c3oc3ccccc34)ccc2-c2ccc3ccccc3c21. The van der Waals surface area contributed by atoms with E-state index in [1.807, 2.05) is 0 Å². The molecule has 0 bridgehead atoms. The molecule has 5 heteroatoms. The second kappa shape index (κ2) is 18.8. The summed E-state index contributed by atoms with van der Waals surface area (Å²) in [4.78, 5) is 4.92. The van der Waals surface area contributed by atoms with Crippen LogP contribution in [0.1, 0.15) is 74.9 Å². The minimum atomic E-state index is -0.391. The van der Waals surface area contributed by atoms with Crippen LogP contribution in [0.3, 0.4) is 0 Å². The first-order valence-corrected chi connectivity index (χ1v) is 34.5. The lowest BCUT2D eigenvalue weighted by atomic mass is 9.79. The molecule has 0 fully saturated rings. The van der Waals surface area contributed by atoms with Gasteiger partial charge < -0.3 is 23.0 Å². The number of hydrogen-bond acceptors (Lipinski definition) is 4.